The van der Waals surface area contributed by atoms with Crippen LogP contribution in [0.1, 0.15) is 42.5 Å². The third-order valence-electron chi connectivity index (χ3n) is 3.57. The number of carbonyl (C=O) groups excluding carboxylic acids is 1. The van der Waals surface area contributed by atoms with Gasteiger partial charge in [-0.3, -0.25) is 4.79 Å². The molecule has 106 valence electrons. The first-order valence-electron chi connectivity index (χ1n) is 7.20. The van der Waals surface area contributed by atoms with Crippen LogP contribution in [0.4, 0.5) is 4.39 Å². The van der Waals surface area contributed by atoms with Crippen LogP contribution < -0.4 is 5.32 Å². The SMILES string of the molecule is O=C(NCC=C=CC1CCCCC1)c1ccc(F)cc1. The smallest absolute Gasteiger partial charge is 0.251 e. The van der Waals surface area contributed by atoms with Crippen LogP contribution in [0.25, 0.3) is 0 Å². The van der Waals surface area contributed by atoms with E-state index in [1.165, 1.54) is 56.4 Å². The lowest BCUT2D eigenvalue weighted by Gasteiger charge is -2.16. The largest absolute Gasteiger partial charge is 0.348 e. The molecule has 1 aromatic rings. The zero-order valence-electron chi connectivity index (χ0n) is 11.6. The van der Waals surface area contributed by atoms with Gasteiger partial charge in [0.15, 0.2) is 0 Å². The molecule has 0 atom stereocenters. The van der Waals surface area contributed by atoms with Gasteiger partial charge in [0, 0.05) is 12.1 Å². The summed E-state index contributed by atoms with van der Waals surface area (Å²) in [6, 6.07) is 5.53. The van der Waals surface area contributed by atoms with E-state index in [-0.39, 0.29) is 11.7 Å². The van der Waals surface area contributed by atoms with Crippen molar-refractivity contribution in [1.29, 1.82) is 0 Å². The first kappa shape index (κ1) is 14.5. The second kappa shape index (κ2) is 7.66. The lowest BCUT2D eigenvalue weighted by Crippen LogP contribution is -2.23. The molecule has 3 heteroatoms. The first-order chi connectivity index (χ1) is 9.75. The third-order valence-corrected chi connectivity index (χ3v) is 3.57. The van der Waals surface area contributed by atoms with Gasteiger partial charge in [-0.15, -0.1) is 5.73 Å². The maximum Gasteiger partial charge on any atom is 0.251 e. The minimum Gasteiger partial charge on any atom is -0.348 e. The van der Waals surface area contributed by atoms with E-state index in [9.17, 15) is 9.18 Å². The van der Waals surface area contributed by atoms with Crippen LogP contribution in [0.5, 0.6) is 0 Å². The monoisotopic (exact) mass is 273 g/mol. The van der Waals surface area contributed by atoms with Crippen LogP contribution in [0.3, 0.4) is 0 Å². The summed E-state index contributed by atoms with van der Waals surface area (Å²) in [6.45, 7) is 0.444. The summed E-state index contributed by atoms with van der Waals surface area (Å²) in [7, 11) is 0. The summed E-state index contributed by atoms with van der Waals surface area (Å²) in [5.74, 6) is 0.116. The molecule has 20 heavy (non-hydrogen) atoms. The van der Waals surface area contributed by atoms with Gasteiger partial charge in [-0.25, -0.2) is 4.39 Å². The lowest BCUT2D eigenvalue weighted by molar-refractivity contribution is 0.0958. The van der Waals surface area contributed by atoms with Crippen molar-refractivity contribution in [1.82, 2.24) is 5.32 Å². The second-order valence-electron chi connectivity index (χ2n) is 5.15. The average Bonchev–Trinajstić information content (AvgIpc) is 2.48. The number of benzene rings is 1. The van der Waals surface area contributed by atoms with Gasteiger partial charge in [-0.05, 0) is 55.2 Å². The Kier molecular flexibility index (Phi) is 5.57. The third kappa shape index (κ3) is 4.67. The summed E-state index contributed by atoms with van der Waals surface area (Å²) in [4.78, 5) is 11.7. The van der Waals surface area contributed by atoms with Crippen LogP contribution >= 0.6 is 0 Å². The van der Waals surface area contributed by atoms with E-state index in [0.29, 0.717) is 18.0 Å². The van der Waals surface area contributed by atoms with Crippen molar-refractivity contribution in [2.75, 3.05) is 6.54 Å². The van der Waals surface area contributed by atoms with Crippen molar-refractivity contribution in [2.45, 2.75) is 32.1 Å². The molecule has 0 bridgehead atoms. The molecule has 0 aliphatic heterocycles. The molecule has 1 aliphatic rings. The van der Waals surface area contributed by atoms with Crippen LogP contribution in [0.2, 0.25) is 0 Å². The van der Waals surface area contributed by atoms with E-state index < -0.39 is 0 Å². The predicted molar refractivity (Wildman–Crippen MR) is 78.0 cm³/mol. The fraction of sp³-hybridized carbons (Fsp3) is 0.412. The standard InChI is InChI=1S/C17H20FNO/c18-16-11-9-15(10-12-16)17(20)19-13-5-4-8-14-6-2-1-3-7-14/h5,8-12,14H,1-3,6-7,13H2,(H,19,20). The zero-order valence-corrected chi connectivity index (χ0v) is 11.6. The number of halogens is 1. The molecule has 1 aromatic carbocycles. The Labute approximate surface area is 119 Å². The van der Waals surface area contributed by atoms with Crippen molar-refractivity contribution in [3.63, 3.8) is 0 Å². The normalized spacial score (nSPS) is 15.2. The van der Waals surface area contributed by atoms with Crippen molar-refractivity contribution in [3.05, 3.63) is 53.5 Å². The highest BCUT2D eigenvalue weighted by Crippen LogP contribution is 2.23. The van der Waals surface area contributed by atoms with Crippen LogP contribution in [0, 0.1) is 11.7 Å². The molecule has 2 rings (SSSR count). The highest BCUT2D eigenvalue weighted by Gasteiger charge is 2.09. The van der Waals surface area contributed by atoms with Crippen LogP contribution in [0.15, 0.2) is 42.1 Å². The number of carbonyl (C=O) groups is 1. The molecule has 2 nitrogen and oxygen atoms in total. The van der Waals surface area contributed by atoms with E-state index in [4.69, 9.17) is 0 Å². The topological polar surface area (TPSA) is 29.1 Å². The summed E-state index contributed by atoms with van der Waals surface area (Å²) in [5.41, 5.74) is 3.61. The molecule has 0 heterocycles. The molecule has 1 N–H and O–H groups in total. The Morgan fingerprint density at radius 3 is 2.65 bits per heavy atom. The lowest BCUT2D eigenvalue weighted by atomic mass is 9.89. The Balaban J connectivity index is 1.75. The van der Waals surface area contributed by atoms with Crippen LogP contribution in [-0.2, 0) is 0 Å². The maximum absolute atomic E-state index is 12.7. The van der Waals surface area contributed by atoms with Gasteiger partial charge in [0.2, 0.25) is 0 Å². The van der Waals surface area contributed by atoms with Crippen LogP contribution in [-0.4, -0.2) is 12.5 Å². The summed E-state index contributed by atoms with van der Waals surface area (Å²) in [6.07, 6.45) is 10.4. The maximum atomic E-state index is 12.7. The number of hydrogen-bond donors (Lipinski definition) is 1. The Morgan fingerprint density at radius 2 is 1.95 bits per heavy atom. The zero-order chi connectivity index (χ0) is 14.2. The number of hydrogen-bond acceptors (Lipinski definition) is 1. The van der Waals surface area contributed by atoms with E-state index in [1.54, 1.807) is 0 Å². The summed E-state index contributed by atoms with van der Waals surface area (Å²) < 4.78 is 12.7. The molecule has 1 fully saturated rings. The number of amides is 1. The van der Waals surface area contributed by atoms with Gasteiger partial charge < -0.3 is 5.32 Å². The quantitative estimate of drug-likeness (QED) is 0.830. The molecule has 0 aromatic heterocycles. The molecule has 0 spiro atoms. The van der Waals surface area contributed by atoms with E-state index in [2.05, 4.69) is 17.1 Å². The number of nitrogens with one attached hydrogen (secondary N) is 1. The Bertz CT molecular complexity index is 494. The fourth-order valence-corrected chi connectivity index (χ4v) is 2.41. The highest BCUT2D eigenvalue weighted by atomic mass is 19.1. The van der Waals surface area contributed by atoms with Gasteiger partial charge in [0.25, 0.3) is 5.91 Å². The molecule has 0 radical (unpaired) electrons. The summed E-state index contributed by atoms with van der Waals surface area (Å²) in [5, 5.41) is 2.76. The molecule has 1 aliphatic carbocycles. The van der Waals surface area contributed by atoms with E-state index in [0.717, 1.165) is 0 Å². The van der Waals surface area contributed by atoms with Crippen molar-refractivity contribution in [2.24, 2.45) is 5.92 Å². The molecule has 0 unspecified atom stereocenters. The Hall–Kier alpha value is -1.86. The minimum atomic E-state index is -0.336. The predicted octanol–water partition coefficient (Wildman–Crippen LogP) is 3.85. The number of rotatable bonds is 4. The first-order valence-corrected chi connectivity index (χ1v) is 7.20. The van der Waals surface area contributed by atoms with Gasteiger partial charge in [-0.2, -0.15) is 0 Å². The van der Waals surface area contributed by atoms with Gasteiger partial charge in [0.05, 0.1) is 0 Å². The second-order valence-corrected chi connectivity index (χ2v) is 5.15. The minimum absolute atomic E-state index is 0.194. The molecule has 1 amide bonds. The van der Waals surface area contributed by atoms with Crippen molar-refractivity contribution >= 4 is 5.91 Å². The molecular weight excluding hydrogens is 253 g/mol. The van der Waals surface area contributed by atoms with E-state index >= 15 is 0 Å². The van der Waals surface area contributed by atoms with Gasteiger partial charge in [0.1, 0.15) is 5.82 Å². The molecular formula is C17H20FNO. The van der Waals surface area contributed by atoms with E-state index in [1.807, 2.05) is 6.08 Å². The molecule has 0 saturated heterocycles. The summed E-state index contributed by atoms with van der Waals surface area (Å²) >= 11 is 0. The average molecular weight is 273 g/mol. The van der Waals surface area contributed by atoms with Crippen molar-refractivity contribution in [3.8, 4) is 0 Å². The molecule has 1 saturated carbocycles. The van der Waals surface area contributed by atoms with Gasteiger partial charge >= 0.3 is 0 Å². The van der Waals surface area contributed by atoms with Gasteiger partial charge in [-0.1, -0.05) is 19.3 Å². The Morgan fingerprint density at radius 1 is 1.25 bits per heavy atom. The van der Waals surface area contributed by atoms with Crippen molar-refractivity contribution < 1.29 is 9.18 Å². The highest BCUT2D eigenvalue weighted by molar-refractivity contribution is 5.94. The fourth-order valence-electron chi connectivity index (χ4n) is 2.41.